The summed E-state index contributed by atoms with van der Waals surface area (Å²) in [6.45, 7) is 0.282. The van der Waals surface area contributed by atoms with Gasteiger partial charge in [-0.1, -0.05) is 48.5 Å². The molecule has 1 heterocycles. The molecule has 0 radical (unpaired) electrons. The van der Waals surface area contributed by atoms with E-state index in [9.17, 15) is 24.9 Å². The molecule has 2 aromatic carbocycles. The first-order valence-corrected chi connectivity index (χ1v) is 9.60. The molecule has 31 heavy (non-hydrogen) atoms. The van der Waals surface area contributed by atoms with Crippen molar-refractivity contribution in [1.29, 1.82) is 0 Å². The van der Waals surface area contributed by atoms with Crippen molar-refractivity contribution in [3.05, 3.63) is 71.9 Å². The molecule has 0 bridgehead atoms. The zero-order valence-electron chi connectivity index (χ0n) is 16.8. The Morgan fingerprint density at radius 2 is 1.65 bits per heavy atom. The van der Waals surface area contributed by atoms with E-state index in [1.807, 2.05) is 42.5 Å². The minimum absolute atomic E-state index is 0.229. The van der Waals surface area contributed by atoms with E-state index in [0.29, 0.717) is 5.56 Å². The Kier molecular flexibility index (Phi) is 8.29. The minimum Gasteiger partial charge on any atom is -0.480 e. The number of carbonyl (C=O) groups is 2. The van der Waals surface area contributed by atoms with Crippen molar-refractivity contribution in [3.63, 3.8) is 0 Å². The Morgan fingerprint density at radius 3 is 2.23 bits per heavy atom. The Morgan fingerprint density at radius 1 is 1.03 bits per heavy atom. The van der Waals surface area contributed by atoms with Crippen molar-refractivity contribution >= 4 is 22.8 Å². The molecule has 166 valence electrons. The average molecular weight is 429 g/mol. The van der Waals surface area contributed by atoms with E-state index in [1.54, 1.807) is 18.3 Å². The molecule has 0 fully saturated rings. The highest BCUT2D eigenvalue weighted by molar-refractivity contribution is 5.85. The van der Waals surface area contributed by atoms with E-state index in [1.165, 1.54) is 0 Å². The summed E-state index contributed by atoms with van der Waals surface area (Å²) in [7, 11) is 0. The zero-order chi connectivity index (χ0) is 23.0. The monoisotopic (exact) mass is 429 g/mol. The predicted octanol–water partition coefficient (Wildman–Crippen LogP) is 1.01. The summed E-state index contributed by atoms with van der Waals surface area (Å²) in [4.78, 5) is 25.1. The van der Waals surface area contributed by atoms with Crippen LogP contribution in [0.15, 0.2) is 60.8 Å². The molecule has 1 aromatic heterocycles. The number of fused-ring (bicyclic) bond motifs is 1. The standard InChI is InChI=1S/C14H16N2O5.C8H11NO/c15-10(12(17)18)6-14(21,13(19)20)5-8-7-16-11-4-2-1-3-9(8)11;9-6-8(10)7-4-2-1-3-5-7/h1-4,7,10,16,21H,5-6,15H2,(H,17,18)(H,19,20);1-5,8,10H,6,9H2/t10-,14-;/m0./s1. The van der Waals surface area contributed by atoms with E-state index >= 15 is 0 Å². The zero-order valence-corrected chi connectivity index (χ0v) is 16.8. The van der Waals surface area contributed by atoms with Crippen LogP contribution in [0.2, 0.25) is 0 Å². The molecule has 1 unspecified atom stereocenters. The third kappa shape index (κ3) is 6.37. The number of para-hydroxylation sites is 1. The molecule has 0 amide bonds. The van der Waals surface area contributed by atoms with E-state index < -0.39 is 36.1 Å². The van der Waals surface area contributed by atoms with Crippen LogP contribution in [-0.4, -0.2) is 55.5 Å². The van der Waals surface area contributed by atoms with Gasteiger partial charge < -0.3 is 36.9 Å². The van der Waals surface area contributed by atoms with E-state index in [-0.39, 0.29) is 13.0 Å². The summed E-state index contributed by atoms with van der Waals surface area (Å²) in [5.41, 5.74) is 10.7. The molecule has 9 nitrogen and oxygen atoms in total. The number of aliphatic carboxylic acids is 2. The summed E-state index contributed by atoms with van der Waals surface area (Å²) in [5, 5.41) is 38.3. The topological polar surface area (TPSA) is 183 Å². The number of nitrogens with one attached hydrogen (secondary N) is 1. The summed E-state index contributed by atoms with van der Waals surface area (Å²) in [6.07, 6.45) is 0.288. The van der Waals surface area contributed by atoms with Crippen LogP contribution in [0.1, 0.15) is 23.7 Å². The van der Waals surface area contributed by atoms with Crippen LogP contribution in [0.3, 0.4) is 0 Å². The first kappa shape index (κ1) is 24.0. The van der Waals surface area contributed by atoms with Crippen LogP contribution in [-0.2, 0) is 16.0 Å². The Labute approximate surface area is 178 Å². The molecule has 9 N–H and O–H groups in total. The fourth-order valence-electron chi connectivity index (χ4n) is 3.09. The molecule has 3 rings (SSSR count). The van der Waals surface area contributed by atoms with Gasteiger partial charge in [-0.15, -0.1) is 0 Å². The lowest BCUT2D eigenvalue weighted by atomic mass is 9.88. The molecular weight excluding hydrogens is 402 g/mol. The van der Waals surface area contributed by atoms with Gasteiger partial charge in [0.1, 0.15) is 6.04 Å². The van der Waals surface area contributed by atoms with Gasteiger partial charge >= 0.3 is 11.9 Å². The molecule has 0 aliphatic heterocycles. The maximum absolute atomic E-state index is 11.3. The number of aromatic amines is 1. The third-order valence-corrected chi connectivity index (χ3v) is 4.84. The Bertz CT molecular complexity index is 1010. The largest absolute Gasteiger partial charge is 0.480 e. The highest BCUT2D eigenvalue weighted by Crippen LogP contribution is 2.25. The smallest absolute Gasteiger partial charge is 0.336 e. The van der Waals surface area contributed by atoms with Gasteiger partial charge in [-0.05, 0) is 17.2 Å². The number of carboxylic acid groups (broad SMARTS) is 2. The van der Waals surface area contributed by atoms with Crippen LogP contribution < -0.4 is 11.5 Å². The summed E-state index contributed by atoms with van der Waals surface area (Å²) in [5.74, 6) is -2.85. The lowest BCUT2D eigenvalue weighted by Gasteiger charge is -2.24. The third-order valence-electron chi connectivity index (χ3n) is 4.84. The lowest BCUT2D eigenvalue weighted by Crippen LogP contribution is -2.48. The van der Waals surface area contributed by atoms with E-state index in [4.69, 9.17) is 16.6 Å². The Hall–Kier alpha value is -3.24. The SMILES string of the molecule is NCC(O)c1ccccc1.N[C@@H](C[C@@](O)(Cc1c[nH]c2ccccc12)C(=O)O)C(=O)O. The molecule has 0 aliphatic rings. The molecular formula is C22H27N3O6. The van der Waals surface area contributed by atoms with Gasteiger partial charge in [0, 0.05) is 36.5 Å². The van der Waals surface area contributed by atoms with Crippen molar-refractivity contribution in [2.24, 2.45) is 11.5 Å². The van der Waals surface area contributed by atoms with E-state index in [0.717, 1.165) is 16.5 Å². The summed E-state index contributed by atoms with van der Waals surface area (Å²) < 4.78 is 0. The fourth-order valence-corrected chi connectivity index (χ4v) is 3.09. The van der Waals surface area contributed by atoms with Crippen molar-refractivity contribution in [2.75, 3.05) is 6.54 Å². The minimum atomic E-state index is -2.23. The molecule has 3 aromatic rings. The first-order chi connectivity index (χ1) is 14.7. The quantitative estimate of drug-likeness (QED) is 0.277. The molecule has 0 saturated carbocycles. The highest BCUT2D eigenvalue weighted by atomic mass is 16.4. The summed E-state index contributed by atoms with van der Waals surface area (Å²) >= 11 is 0. The van der Waals surface area contributed by atoms with Crippen molar-refractivity contribution in [3.8, 4) is 0 Å². The number of H-pyrrole nitrogens is 1. The maximum Gasteiger partial charge on any atom is 0.336 e. The average Bonchev–Trinajstić information content (AvgIpc) is 3.16. The number of aliphatic hydroxyl groups excluding tert-OH is 1. The number of rotatable bonds is 8. The van der Waals surface area contributed by atoms with Gasteiger partial charge in [-0.3, -0.25) is 4.79 Å². The fraction of sp³-hybridized carbons (Fsp3) is 0.273. The van der Waals surface area contributed by atoms with Crippen LogP contribution in [0.25, 0.3) is 10.9 Å². The number of hydrogen-bond donors (Lipinski definition) is 7. The second-order valence-corrected chi connectivity index (χ2v) is 7.18. The van der Waals surface area contributed by atoms with Gasteiger partial charge in [-0.25, -0.2) is 4.79 Å². The second kappa shape index (κ2) is 10.7. The molecule has 3 atom stereocenters. The van der Waals surface area contributed by atoms with Crippen molar-refractivity contribution in [1.82, 2.24) is 4.98 Å². The second-order valence-electron chi connectivity index (χ2n) is 7.18. The molecule has 9 heteroatoms. The number of aliphatic hydroxyl groups is 2. The molecule has 0 spiro atoms. The van der Waals surface area contributed by atoms with E-state index in [2.05, 4.69) is 4.98 Å². The van der Waals surface area contributed by atoms with Gasteiger partial charge in [0.05, 0.1) is 6.10 Å². The normalized spacial score (nSPS) is 14.7. The van der Waals surface area contributed by atoms with Crippen LogP contribution >= 0.6 is 0 Å². The maximum atomic E-state index is 11.3. The van der Waals surface area contributed by atoms with Gasteiger partial charge in [0.15, 0.2) is 5.60 Å². The number of carboxylic acids is 2. The number of aromatic nitrogens is 1. The number of hydrogen-bond acceptors (Lipinski definition) is 6. The number of nitrogens with two attached hydrogens (primary N) is 2. The van der Waals surface area contributed by atoms with Crippen molar-refractivity contribution in [2.45, 2.75) is 30.6 Å². The number of benzene rings is 2. The molecule has 0 saturated heterocycles. The summed E-state index contributed by atoms with van der Waals surface area (Å²) in [6, 6.07) is 15.2. The highest BCUT2D eigenvalue weighted by Gasteiger charge is 2.40. The van der Waals surface area contributed by atoms with Crippen LogP contribution in [0.4, 0.5) is 0 Å². The molecule has 0 aliphatic carbocycles. The first-order valence-electron chi connectivity index (χ1n) is 9.60. The van der Waals surface area contributed by atoms with Gasteiger partial charge in [0.25, 0.3) is 0 Å². The van der Waals surface area contributed by atoms with Gasteiger partial charge in [-0.2, -0.15) is 0 Å². The predicted molar refractivity (Wildman–Crippen MR) is 115 cm³/mol. The Balaban J connectivity index is 0.000000285. The van der Waals surface area contributed by atoms with Crippen LogP contribution in [0, 0.1) is 0 Å². The van der Waals surface area contributed by atoms with Gasteiger partial charge in [0.2, 0.25) is 0 Å². The van der Waals surface area contributed by atoms with Crippen LogP contribution in [0.5, 0.6) is 0 Å². The van der Waals surface area contributed by atoms with Crippen molar-refractivity contribution < 1.29 is 30.0 Å². The lowest BCUT2D eigenvalue weighted by molar-refractivity contribution is -0.160.